The van der Waals surface area contributed by atoms with E-state index in [4.69, 9.17) is 11.3 Å². The molecular formula is C14H12F2N4. The van der Waals surface area contributed by atoms with Gasteiger partial charge in [-0.15, -0.1) is 0 Å². The number of hydrogen-bond donors (Lipinski definition) is 1. The summed E-state index contributed by atoms with van der Waals surface area (Å²) in [6.45, 7) is 0. The normalized spacial score (nSPS) is 13.3. The first-order chi connectivity index (χ1) is 9.61. The highest BCUT2D eigenvalue weighted by molar-refractivity contribution is 5.28. The first kappa shape index (κ1) is 14.0. The molecule has 0 spiro atoms. The summed E-state index contributed by atoms with van der Waals surface area (Å²) in [5.41, 5.74) is 16.0. The van der Waals surface area contributed by atoms with Crippen LogP contribution in [0.15, 0.2) is 53.6 Å². The molecule has 0 aliphatic rings. The molecule has 20 heavy (non-hydrogen) atoms. The molecule has 2 aromatic carbocycles. The first-order valence-electron chi connectivity index (χ1n) is 5.92. The smallest absolute Gasteiger partial charge is 0.123 e. The van der Waals surface area contributed by atoms with Crippen molar-refractivity contribution >= 4 is 0 Å². The summed E-state index contributed by atoms with van der Waals surface area (Å²) in [4.78, 5) is 2.78. The van der Waals surface area contributed by atoms with E-state index in [1.54, 1.807) is 0 Å². The summed E-state index contributed by atoms with van der Waals surface area (Å²) in [6, 6.07) is 9.87. The SMILES string of the molecule is [N-]=[N+]=NC(c1ccc(F)cc1)C(N)c1ccc(F)cc1. The zero-order valence-corrected chi connectivity index (χ0v) is 10.4. The van der Waals surface area contributed by atoms with Gasteiger partial charge in [-0.1, -0.05) is 29.4 Å². The number of halogens is 2. The second kappa shape index (κ2) is 6.14. The lowest BCUT2D eigenvalue weighted by molar-refractivity contribution is 0.565. The lowest BCUT2D eigenvalue weighted by Crippen LogP contribution is -2.18. The summed E-state index contributed by atoms with van der Waals surface area (Å²) in [5, 5.41) is 3.66. The van der Waals surface area contributed by atoms with E-state index in [0.29, 0.717) is 11.1 Å². The molecule has 2 rings (SSSR count). The number of nitrogens with two attached hydrogens (primary N) is 1. The van der Waals surface area contributed by atoms with Crippen molar-refractivity contribution in [3.63, 3.8) is 0 Å². The summed E-state index contributed by atoms with van der Waals surface area (Å²) in [6.07, 6.45) is 0. The van der Waals surface area contributed by atoms with Crippen LogP contribution >= 0.6 is 0 Å². The van der Waals surface area contributed by atoms with E-state index in [0.717, 1.165) is 0 Å². The molecule has 0 aliphatic carbocycles. The van der Waals surface area contributed by atoms with E-state index < -0.39 is 12.1 Å². The molecular weight excluding hydrogens is 262 g/mol. The maximum absolute atomic E-state index is 12.9. The van der Waals surface area contributed by atoms with E-state index in [9.17, 15) is 8.78 Å². The van der Waals surface area contributed by atoms with Crippen molar-refractivity contribution in [3.05, 3.63) is 81.7 Å². The number of rotatable bonds is 4. The minimum absolute atomic E-state index is 0.372. The van der Waals surface area contributed by atoms with E-state index in [1.165, 1.54) is 48.5 Å². The molecule has 2 N–H and O–H groups in total. The molecule has 102 valence electrons. The van der Waals surface area contributed by atoms with Crippen molar-refractivity contribution in [2.75, 3.05) is 0 Å². The largest absolute Gasteiger partial charge is 0.323 e. The molecule has 0 amide bonds. The second-order valence-electron chi connectivity index (χ2n) is 4.28. The highest BCUT2D eigenvalue weighted by atomic mass is 19.1. The van der Waals surface area contributed by atoms with Gasteiger partial charge in [-0.2, -0.15) is 0 Å². The zero-order valence-electron chi connectivity index (χ0n) is 10.4. The van der Waals surface area contributed by atoms with E-state index in [-0.39, 0.29) is 11.6 Å². The van der Waals surface area contributed by atoms with Gasteiger partial charge < -0.3 is 5.73 Å². The van der Waals surface area contributed by atoms with E-state index in [2.05, 4.69) is 10.0 Å². The molecule has 0 aliphatic heterocycles. The van der Waals surface area contributed by atoms with Crippen molar-refractivity contribution in [1.82, 2.24) is 0 Å². The molecule has 0 fully saturated rings. The van der Waals surface area contributed by atoms with Gasteiger partial charge in [-0.25, -0.2) is 8.78 Å². The topological polar surface area (TPSA) is 74.8 Å². The van der Waals surface area contributed by atoms with Crippen molar-refractivity contribution in [2.45, 2.75) is 12.1 Å². The maximum Gasteiger partial charge on any atom is 0.123 e. The van der Waals surface area contributed by atoms with Crippen LogP contribution in [0.2, 0.25) is 0 Å². The summed E-state index contributed by atoms with van der Waals surface area (Å²) < 4.78 is 25.8. The molecule has 0 saturated carbocycles. The molecule has 0 saturated heterocycles. The molecule has 0 radical (unpaired) electrons. The number of hydrogen-bond acceptors (Lipinski definition) is 2. The molecule has 0 aromatic heterocycles. The lowest BCUT2D eigenvalue weighted by atomic mass is 9.95. The predicted molar refractivity (Wildman–Crippen MR) is 71.6 cm³/mol. The Bertz CT molecular complexity index is 619. The average molecular weight is 274 g/mol. The molecule has 4 nitrogen and oxygen atoms in total. The third kappa shape index (κ3) is 3.12. The summed E-state index contributed by atoms with van der Waals surface area (Å²) in [5.74, 6) is -0.758. The van der Waals surface area contributed by atoms with E-state index in [1.807, 2.05) is 0 Å². The van der Waals surface area contributed by atoms with Gasteiger partial charge in [-0.05, 0) is 40.9 Å². The Morgan fingerprint density at radius 1 is 0.900 bits per heavy atom. The minimum atomic E-state index is -0.689. The van der Waals surface area contributed by atoms with Crippen LogP contribution in [0.25, 0.3) is 10.4 Å². The maximum atomic E-state index is 12.9. The van der Waals surface area contributed by atoms with Gasteiger partial charge in [0.2, 0.25) is 0 Å². The summed E-state index contributed by atoms with van der Waals surface area (Å²) in [7, 11) is 0. The van der Waals surface area contributed by atoms with Crippen molar-refractivity contribution in [3.8, 4) is 0 Å². The third-order valence-corrected chi connectivity index (χ3v) is 2.98. The van der Waals surface area contributed by atoms with Crippen LogP contribution in [-0.2, 0) is 0 Å². The number of benzene rings is 2. The van der Waals surface area contributed by atoms with Crippen LogP contribution in [-0.4, -0.2) is 0 Å². The highest BCUT2D eigenvalue weighted by Crippen LogP contribution is 2.30. The molecule has 0 heterocycles. The highest BCUT2D eigenvalue weighted by Gasteiger charge is 2.20. The Kier molecular flexibility index (Phi) is 4.30. The standard InChI is InChI=1S/C14H12F2N4/c15-11-5-1-9(2-6-11)13(17)14(19-20-18)10-3-7-12(16)8-4-10/h1-8,13-14H,17H2. The number of nitrogens with zero attached hydrogens (tertiary/aromatic N) is 3. The van der Waals surface area contributed by atoms with Gasteiger partial charge in [0, 0.05) is 11.0 Å². The van der Waals surface area contributed by atoms with Crippen LogP contribution in [0, 0.1) is 11.6 Å². The fourth-order valence-electron chi connectivity index (χ4n) is 1.93. The zero-order chi connectivity index (χ0) is 14.5. The average Bonchev–Trinajstić information content (AvgIpc) is 2.46. The Morgan fingerprint density at radius 2 is 1.35 bits per heavy atom. The molecule has 2 aromatic rings. The lowest BCUT2D eigenvalue weighted by Gasteiger charge is -2.20. The monoisotopic (exact) mass is 274 g/mol. The van der Waals surface area contributed by atoms with Gasteiger partial charge in [-0.3, -0.25) is 0 Å². The van der Waals surface area contributed by atoms with Crippen molar-refractivity contribution in [2.24, 2.45) is 10.8 Å². The molecule has 6 heteroatoms. The van der Waals surface area contributed by atoms with Gasteiger partial charge in [0.25, 0.3) is 0 Å². The number of azide groups is 1. The Morgan fingerprint density at radius 3 is 1.80 bits per heavy atom. The van der Waals surface area contributed by atoms with Crippen molar-refractivity contribution < 1.29 is 8.78 Å². The first-order valence-corrected chi connectivity index (χ1v) is 5.92. The molecule has 2 atom stereocenters. The fraction of sp³-hybridized carbons (Fsp3) is 0.143. The Labute approximate surface area is 114 Å². The fourth-order valence-corrected chi connectivity index (χ4v) is 1.93. The third-order valence-electron chi connectivity index (χ3n) is 2.98. The summed E-state index contributed by atoms with van der Waals surface area (Å²) >= 11 is 0. The Hall–Kier alpha value is -2.43. The van der Waals surface area contributed by atoms with Crippen LogP contribution in [0.5, 0.6) is 0 Å². The van der Waals surface area contributed by atoms with Crippen molar-refractivity contribution in [1.29, 1.82) is 0 Å². The van der Waals surface area contributed by atoms with E-state index >= 15 is 0 Å². The van der Waals surface area contributed by atoms with Gasteiger partial charge in [0.1, 0.15) is 11.6 Å². The molecule has 2 unspecified atom stereocenters. The van der Waals surface area contributed by atoms with Gasteiger partial charge in [0.05, 0.1) is 6.04 Å². The van der Waals surface area contributed by atoms with Crippen LogP contribution in [0.3, 0.4) is 0 Å². The quantitative estimate of drug-likeness (QED) is 0.510. The molecule has 0 bridgehead atoms. The Balaban J connectivity index is 2.35. The second-order valence-corrected chi connectivity index (χ2v) is 4.28. The van der Waals surface area contributed by atoms with Crippen LogP contribution in [0.1, 0.15) is 23.2 Å². The van der Waals surface area contributed by atoms with Crippen LogP contribution in [0.4, 0.5) is 8.78 Å². The van der Waals surface area contributed by atoms with Crippen LogP contribution < -0.4 is 5.73 Å². The minimum Gasteiger partial charge on any atom is -0.323 e. The van der Waals surface area contributed by atoms with Gasteiger partial charge in [0.15, 0.2) is 0 Å². The predicted octanol–water partition coefficient (Wildman–Crippen LogP) is 4.02. The van der Waals surface area contributed by atoms with Gasteiger partial charge >= 0.3 is 0 Å².